The van der Waals surface area contributed by atoms with Crippen LogP contribution in [0.1, 0.15) is 96.6 Å². The van der Waals surface area contributed by atoms with Gasteiger partial charge in [0.15, 0.2) is 0 Å². The lowest BCUT2D eigenvalue weighted by Gasteiger charge is -2.18. The van der Waals surface area contributed by atoms with Gasteiger partial charge in [-0.15, -0.1) is 0 Å². The Morgan fingerprint density at radius 2 is 1.46 bits per heavy atom. The van der Waals surface area contributed by atoms with Crippen molar-refractivity contribution in [3.63, 3.8) is 0 Å². The maximum Gasteiger partial charge on any atom is 0.124 e. The molecule has 1 aromatic carbocycles. The number of nitrogens with one attached hydrogen (secondary N) is 1. The van der Waals surface area contributed by atoms with Crippen LogP contribution in [0, 0.1) is 0 Å². The molecule has 1 N–H and O–H groups in total. The Labute approximate surface area is 150 Å². The smallest absolute Gasteiger partial charge is 0.124 e. The maximum atomic E-state index is 6.04. The molecule has 0 aliphatic carbocycles. The van der Waals surface area contributed by atoms with Gasteiger partial charge in [0.1, 0.15) is 5.75 Å². The van der Waals surface area contributed by atoms with Crippen molar-refractivity contribution in [2.45, 2.75) is 91.0 Å². The lowest BCUT2D eigenvalue weighted by Crippen LogP contribution is -2.20. The van der Waals surface area contributed by atoms with Gasteiger partial charge in [0.25, 0.3) is 0 Å². The third-order valence-electron chi connectivity index (χ3n) is 4.62. The first-order valence-electron chi connectivity index (χ1n) is 10.2. The molecule has 0 saturated heterocycles. The molecule has 0 aromatic heterocycles. The van der Waals surface area contributed by atoms with Crippen LogP contribution in [0.2, 0.25) is 0 Å². The number of rotatable bonds is 15. The molecule has 2 nitrogen and oxygen atoms in total. The van der Waals surface area contributed by atoms with E-state index in [9.17, 15) is 0 Å². The second kappa shape index (κ2) is 14.3. The van der Waals surface area contributed by atoms with Crippen molar-refractivity contribution in [3.05, 3.63) is 29.8 Å². The van der Waals surface area contributed by atoms with Gasteiger partial charge in [-0.25, -0.2) is 0 Å². The predicted molar refractivity (Wildman–Crippen MR) is 106 cm³/mol. The third kappa shape index (κ3) is 9.32. The minimum atomic E-state index is 0.354. The van der Waals surface area contributed by atoms with E-state index in [1.54, 1.807) is 0 Å². The fourth-order valence-electron chi connectivity index (χ4n) is 3.01. The quantitative estimate of drug-likeness (QED) is 0.362. The second-order valence-corrected chi connectivity index (χ2v) is 6.89. The molecular formula is C22H39NO. The maximum absolute atomic E-state index is 6.04. The van der Waals surface area contributed by atoms with Crippen molar-refractivity contribution in [2.75, 3.05) is 13.2 Å². The Bertz CT molecular complexity index is 405. The fourth-order valence-corrected chi connectivity index (χ4v) is 3.01. The molecule has 0 spiro atoms. The number of hydrogen-bond acceptors (Lipinski definition) is 2. The normalized spacial score (nSPS) is 12.3. The summed E-state index contributed by atoms with van der Waals surface area (Å²) in [5.74, 6) is 1.05. The SMILES string of the molecule is CCCCCCCCNC(C)c1ccccc1OCCCCCC. The summed E-state index contributed by atoms with van der Waals surface area (Å²) in [7, 11) is 0. The van der Waals surface area contributed by atoms with E-state index < -0.39 is 0 Å². The molecule has 1 aromatic rings. The zero-order chi connectivity index (χ0) is 17.5. The highest BCUT2D eigenvalue weighted by Crippen LogP contribution is 2.25. The van der Waals surface area contributed by atoms with Crippen LogP contribution in [0.4, 0.5) is 0 Å². The summed E-state index contributed by atoms with van der Waals surface area (Å²) in [5.41, 5.74) is 1.29. The molecule has 24 heavy (non-hydrogen) atoms. The Morgan fingerprint density at radius 1 is 0.833 bits per heavy atom. The molecule has 1 atom stereocenters. The van der Waals surface area contributed by atoms with E-state index in [4.69, 9.17) is 4.74 Å². The molecule has 0 fully saturated rings. The van der Waals surface area contributed by atoms with Crippen LogP contribution >= 0.6 is 0 Å². The minimum absolute atomic E-state index is 0.354. The number of ether oxygens (including phenoxy) is 1. The number of hydrogen-bond donors (Lipinski definition) is 1. The first-order chi connectivity index (χ1) is 11.8. The van der Waals surface area contributed by atoms with Crippen LogP contribution < -0.4 is 10.1 Å². The average molecular weight is 334 g/mol. The van der Waals surface area contributed by atoms with E-state index in [-0.39, 0.29) is 0 Å². The van der Waals surface area contributed by atoms with Crippen LogP contribution in [-0.4, -0.2) is 13.2 Å². The van der Waals surface area contributed by atoms with Crippen LogP contribution in [0.25, 0.3) is 0 Å². The van der Waals surface area contributed by atoms with Crippen LogP contribution in [-0.2, 0) is 0 Å². The molecule has 0 bridgehead atoms. The van der Waals surface area contributed by atoms with Crippen molar-refractivity contribution < 1.29 is 4.74 Å². The summed E-state index contributed by atoms with van der Waals surface area (Å²) in [5, 5.41) is 3.66. The van der Waals surface area contributed by atoms with Gasteiger partial charge in [0, 0.05) is 11.6 Å². The van der Waals surface area contributed by atoms with Gasteiger partial charge in [-0.1, -0.05) is 83.4 Å². The van der Waals surface area contributed by atoms with Crippen LogP contribution in [0.3, 0.4) is 0 Å². The van der Waals surface area contributed by atoms with Gasteiger partial charge in [0.2, 0.25) is 0 Å². The summed E-state index contributed by atoms with van der Waals surface area (Å²) >= 11 is 0. The van der Waals surface area contributed by atoms with Crippen molar-refractivity contribution >= 4 is 0 Å². The van der Waals surface area contributed by atoms with E-state index in [0.717, 1.165) is 25.3 Å². The Kier molecular flexibility index (Phi) is 12.6. The van der Waals surface area contributed by atoms with Gasteiger partial charge in [-0.05, 0) is 32.4 Å². The largest absolute Gasteiger partial charge is 0.493 e. The molecule has 1 rings (SSSR count). The summed E-state index contributed by atoms with van der Waals surface area (Å²) in [6.45, 7) is 8.69. The summed E-state index contributed by atoms with van der Waals surface area (Å²) < 4.78 is 6.04. The first-order valence-corrected chi connectivity index (χ1v) is 10.2. The van der Waals surface area contributed by atoms with Gasteiger partial charge in [0.05, 0.1) is 6.61 Å². The van der Waals surface area contributed by atoms with Crippen LogP contribution in [0.5, 0.6) is 5.75 Å². The molecule has 138 valence electrons. The molecule has 0 aliphatic rings. The average Bonchev–Trinajstić information content (AvgIpc) is 2.61. The molecular weight excluding hydrogens is 294 g/mol. The minimum Gasteiger partial charge on any atom is -0.493 e. The van der Waals surface area contributed by atoms with Crippen molar-refractivity contribution in [1.82, 2.24) is 5.32 Å². The predicted octanol–water partition coefficient (Wildman–Crippen LogP) is 6.66. The van der Waals surface area contributed by atoms with Crippen LogP contribution in [0.15, 0.2) is 24.3 Å². The number of unbranched alkanes of at least 4 members (excludes halogenated alkanes) is 8. The molecule has 1 unspecified atom stereocenters. The highest BCUT2D eigenvalue weighted by Gasteiger charge is 2.10. The topological polar surface area (TPSA) is 21.3 Å². The Hall–Kier alpha value is -1.02. The lowest BCUT2D eigenvalue weighted by molar-refractivity contribution is 0.299. The van der Waals surface area contributed by atoms with Gasteiger partial charge >= 0.3 is 0 Å². The monoisotopic (exact) mass is 333 g/mol. The molecule has 2 heteroatoms. The Balaban J connectivity index is 2.28. The van der Waals surface area contributed by atoms with Gasteiger partial charge < -0.3 is 10.1 Å². The number of benzene rings is 1. The molecule has 0 radical (unpaired) electrons. The zero-order valence-electron chi connectivity index (χ0n) is 16.3. The highest BCUT2D eigenvalue weighted by molar-refractivity contribution is 5.35. The third-order valence-corrected chi connectivity index (χ3v) is 4.62. The molecule has 0 amide bonds. The van der Waals surface area contributed by atoms with Gasteiger partial charge in [-0.3, -0.25) is 0 Å². The van der Waals surface area contributed by atoms with E-state index in [1.807, 2.05) is 0 Å². The Morgan fingerprint density at radius 3 is 2.21 bits per heavy atom. The van der Waals surface area contributed by atoms with Crippen molar-refractivity contribution in [1.29, 1.82) is 0 Å². The zero-order valence-corrected chi connectivity index (χ0v) is 16.3. The molecule has 0 saturated carbocycles. The van der Waals surface area contributed by atoms with E-state index in [0.29, 0.717) is 6.04 Å². The summed E-state index contributed by atoms with van der Waals surface area (Å²) in [6, 6.07) is 8.85. The second-order valence-electron chi connectivity index (χ2n) is 6.89. The highest BCUT2D eigenvalue weighted by atomic mass is 16.5. The fraction of sp³-hybridized carbons (Fsp3) is 0.727. The van der Waals surface area contributed by atoms with E-state index in [2.05, 4.69) is 50.4 Å². The van der Waals surface area contributed by atoms with Gasteiger partial charge in [-0.2, -0.15) is 0 Å². The number of para-hydroxylation sites is 1. The standard InChI is InChI=1S/C22H39NO/c1-4-6-8-10-11-14-18-23-20(3)21-16-12-13-17-22(21)24-19-15-9-7-5-2/h12-13,16-17,20,23H,4-11,14-15,18-19H2,1-3H3. The summed E-state index contributed by atoms with van der Waals surface area (Å²) in [4.78, 5) is 0. The first kappa shape index (κ1) is 21.0. The lowest BCUT2D eigenvalue weighted by atomic mass is 10.1. The molecule has 0 aliphatic heterocycles. The summed E-state index contributed by atoms with van der Waals surface area (Å²) in [6.07, 6.45) is 13.1. The molecule has 0 heterocycles. The van der Waals surface area contributed by atoms with Crippen molar-refractivity contribution in [2.24, 2.45) is 0 Å². The van der Waals surface area contributed by atoms with Crippen molar-refractivity contribution in [3.8, 4) is 5.75 Å². The van der Waals surface area contributed by atoms with E-state index >= 15 is 0 Å². The van der Waals surface area contributed by atoms with E-state index in [1.165, 1.54) is 63.4 Å².